The highest BCUT2D eigenvalue weighted by Gasteiger charge is 2.50. The zero-order valence-electron chi connectivity index (χ0n) is 32.6. The van der Waals surface area contributed by atoms with Crippen molar-refractivity contribution in [2.45, 2.75) is 150 Å². The number of urea groups is 1. The first-order valence-electron chi connectivity index (χ1n) is 19.4. The van der Waals surface area contributed by atoms with E-state index in [1.54, 1.807) is 4.90 Å². The van der Waals surface area contributed by atoms with Gasteiger partial charge in [0.15, 0.2) is 0 Å². The first-order valence-corrected chi connectivity index (χ1v) is 19.4. The number of piperidine rings is 1. The Balaban J connectivity index is 1.91. The molecule has 2 aliphatic heterocycles. The summed E-state index contributed by atoms with van der Waals surface area (Å²) in [6.45, 7) is 17.7. The monoisotopic (exact) mass is 728 g/mol. The Labute approximate surface area is 310 Å². The fourth-order valence-electron chi connectivity index (χ4n) is 7.84. The van der Waals surface area contributed by atoms with Gasteiger partial charge in [0.2, 0.25) is 29.4 Å². The number of carbonyl (C=O) groups excluding carboxylic acids is 7. The summed E-state index contributed by atoms with van der Waals surface area (Å²) in [5.41, 5.74) is -1.12. The Morgan fingerprint density at radius 3 is 2.15 bits per heavy atom. The van der Waals surface area contributed by atoms with Crippen LogP contribution in [0.4, 0.5) is 4.79 Å². The van der Waals surface area contributed by atoms with Crippen LogP contribution in [0.5, 0.6) is 0 Å². The van der Waals surface area contributed by atoms with Crippen LogP contribution in [-0.2, 0) is 28.8 Å². The Morgan fingerprint density at radius 2 is 1.60 bits per heavy atom. The minimum atomic E-state index is -1.05. The van der Waals surface area contributed by atoms with E-state index in [0.717, 1.165) is 25.7 Å². The molecular formula is C39H64N6O7. The maximum absolute atomic E-state index is 14.8. The van der Waals surface area contributed by atoms with Crippen molar-refractivity contribution in [3.05, 3.63) is 12.7 Å². The van der Waals surface area contributed by atoms with Gasteiger partial charge in [0.25, 0.3) is 5.91 Å². The summed E-state index contributed by atoms with van der Waals surface area (Å²) in [5, 5.41) is 11.4. The van der Waals surface area contributed by atoms with Crippen molar-refractivity contribution < 1.29 is 33.6 Å². The van der Waals surface area contributed by atoms with E-state index >= 15 is 0 Å². The molecule has 1 saturated carbocycles. The Morgan fingerprint density at radius 1 is 0.962 bits per heavy atom. The molecule has 3 aliphatic rings. The van der Waals surface area contributed by atoms with Crippen molar-refractivity contribution in [1.82, 2.24) is 31.1 Å². The molecule has 2 saturated heterocycles. The second-order valence-electron chi connectivity index (χ2n) is 16.7. The first kappa shape index (κ1) is 42.6. The molecule has 13 heteroatoms. The van der Waals surface area contributed by atoms with E-state index in [0.29, 0.717) is 38.6 Å². The van der Waals surface area contributed by atoms with Gasteiger partial charge in [0.1, 0.15) is 12.1 Å². The van der Waals surface area contributed by atoms with Crippen molar-refractivity contribution in [3.8, 4) is 0 Å². The predicted molar refractivity (Wildman–Crippen MR) is 199 cm³/mol. The zero-order valence-corrected chi connectivity index (χ0v) is 32.6. The number of Topliss-reactive ketones (excluding diaryl/α,β-unsaturated/α-hetero) is 1. The van der Waals surface area contributed by atoms with Crippen LogP contribution in [0, 0.1) is 22.7 Å². The summed E-state index contributed by atoms with van der Waals surface area (Å²) in [5.74, 6) is -3.10. The molecule has 292 valence electrons. The van der Waals surface area contributed by atoms with Crippen LogP contribution in [0.1, 0.15) is 126 Å². The number of carbonyl (C=O) groups is 7. The second-order valence-corrected chi connectivity index (χ2v) is 16.7. The summed E-state index contributed by atoms with van der Waals surface area (Å²) in [7, 11) is 0. The molecule has 0 bridgehead atoms. The van der Waals surface area contributed by atoms with Gasteiger partial charge in [-0.1, -0.05) is 86.6 Å². The minimum Gasteiger partial charge on any atom is -0.346 e. The van der Waals surface area contributed by atoms with Gasteiger partial charge in [-0.25, -0.2) is 4.79 Å². The van der Waals surface area contributed by atoms with E-state index in [9.17, 15) is 33.6 Å². The van der Waals surface area contributed by atoms with Gasteiger partial charge in [-0.3, -0.25) is 33.7 Å². The molecule has 2 heterocycles. The number of likely N-dealkylation sites (tertiary alicyclic amines) is 2. The van der Waals surface area contributed by atoms with Crippen LogP contribution >= 0.6 is 0 Å². The number of unbranched alkanes of at least 4 members (excludes halogenated alkanes) is 1. The maximum atomic E-state index is 14.8. The van der Waals surface area contributed by atoms with Gasteiger partial charge in [-0.15, -0.1) is 6.58 Å². The fraction of sp³-hybridized carbons (Fsp3) is 0.769. The van der Waals surface area contributed by atoms with Crippen molar-refractivity contribution in [2.24, 2.45) is 22.7 Å². The highest BCUT2D eigenvalue weighted by Crippen LogP contribution is 2.41. The smallest absolute Gasteiger partial charge is 0.315 e. The lowest BCUT2D eigenvalue weighted by molar-refractivity contribution is -0.148. The molecule has 1 aliphatic carbocycles. The lowest BCUT2D eigenvalue weighted by Crippen LogP contribution is -2.63. The molecule has 2 unspecified atom stereocenters. The second kappa shape index (κ2) is 18.8. The van der Waals surface area contributed by atoms with Gasteiger partial charge < -0.3 is 26.2 Å². The minimum absolute atomic E-state index is 0.0262. The molecule has 7 amide bonds. The molecule has 3 rings (SSSR count). The number of nitrogens with zero attached hydrogens (tertiary/aromatic N) is 2. The SMILES string of the molecule is C=CCNC(=O)C(=O)C(CCCC)NC(=O)[C@@H]1C(C(C)C)CCN1C(=O)[C@@H](NC(=O)N[C@H](CN1C(=O)CCCC1=O)C(C)(C)C)C1(C)CCCCC1. The number of ketones is 1. The molecule has 3 fully saturated rings. The van der Waals surface area contributed by atoms with Crippen LogP contribution in [0.15, 0.2) is 12.7 Å². The summed E-state index contributed by atoms with van der Waals surface area (Å²) >= 11 is 0. The molecule has 13 nitrogen and oxygen atoms in total. The fourth-order valence-corrected chi connectivity index (χ4v) is 7.84. The average molecular weight is 729 g/mol. The number of imide groups is 1. The van der Waals surface area contributed by atoms with Crippen LogP contribution in [0.2, 0.25) is 0 Å². The molecule has 4 N–H and O–H groups in total. The number of rotatable bonds is 16. The molecule has 5 atom stereocenters. The average Bonchev–Trinajstić information content (AvgIpc) is 3.54. The molecule has 0 spiro atoms. The summed E-state index contributed by atoms with van der Waals surface area (Å²) in [6.07, 6.45) is 8.96. The molecular weight excluding hydrogens is 664 g/mol. The summed E-state index contributed by atoms with van der Waals surface area (Å²) in [6, 6.07) is -4.09. The lowest BCUT2D eigenvalue weighted by atomic mass is 9.70. The zero-order chi connectivity index (χ0) is 38.8. The Bertz CT molecular complexity index is 1320. The Kier molecular flexibility index (Phi) is 15.4. The predicted octanol–water partition coefficient (Wildman–Crippen LogP) is 4.00. The molecule has 0 aromatic carbocycles. The van der Waals surface area contributed by atoms with Crippen LogP contribution < -0.4 is 21.3 Å². The van der Waals surface area contributed by atoms with Crippen LogP contribution in [0.3, 0.4) is 0 Å². The van der Waals surface area contributed by atoms with Crippen LogP contribution in [-0.4, -0.2) is 95.0 Å². The van der Waals surface area contributed by atoms with Crippen molar-refractivity contribution >= 4 is 41.4 Å². The molecule has 0 aromatic heterocycles. The Hall–Kier alpha value is -3.77. The molecule has 52 heavy (non-hydrogen) atoms. The third-order valence-corrected chi connectivity index (χ3v) is 11.3. The van der Waals surface area contributed by atoms with E-state index < -0.39 is 58.6 Å². The van der Waals surface area contributed by atoms with Gasteiger partial charge in [0.05, 0.1) is 12.1 Å². The largest absolute Gasteiger partial charge is 0.346 e. The highest BCUT2D eigenvalue weighted by molar-refractivity contribution is 6.38. The molecule has 0 radical (unpaired) electrons. The van der Waals surface area contributed by atoms with Gasteiger partial charge in [0, 0.05) is 32.5 Å². The van der Waals surface area contributed by atoms with Crippen molar-refractivity contribution in [2.75, 3.05) is 19.6 Å². The third kappa shape index (κ3) is 10.9. The van der Waals surface area contributed by atoms with E-state index in [1.165, 1.54) is 11.0 Å². The number of amides is 7. The normalized spacial score (nSPS) is 22.3. The van der Waals surface area contributed by atoms with Crippen LogP contribution in [0.25, 0.3) is 0 Å². The molecule has 0 aromatic rings. The topological polar surface area (TPSA) is 174 Å². The van der Waals surface area contributed by atoms with E-state index in [-0.39, 0.29) is 61.9 Å². The summed E-state index contributed by atoms with van der Waals surface area (Å²) < 4.78 is 0. The van der Waals surface area contributed by atoms with Crippen molar-refractivity contribution in [3.63, 3.8) is 0 Å². The van der Waals surface area contributed by atoms with E-state index in [4.69, 9.17) is 0 Å². The van der Waals surface area contributed by atoms with E-state index in [1.807, 2.05) is 48.5 Å². The standard InChI is InChI=1S/C39H64N6O7/c1-9-11-16-27(32(48)35(50)40-22-10-2)41-34(49)31-26(25(3)4)19-23-44(31)36(51)33(39(8)20-13-12-14-21-39)43-37(52)42-28(38(5,6)7)24-45-29(46)17-15-18-30(45)47/h10,25-28,31,33H,2,9,11-24H2,1,3-8H3,(H,40,50)(H,41,49)(H2,42,43,52)/t26?,27?,28-,31+,33-/m1/s1. The quantitative estimate of drug-likeness (QED) is 0.106. The van der Waals surface area contributed by atoms with Gasteiger partial charge in [-0.2, -0.15) is 0 Å². The lowest BCUT2D eigenvalue weighted by Gasteiger charge is -2.43. The first-order chi connectivity index (χ1) is 24.4. The number of hydrogen-bond acceptors (Lipinski definition) is 7. The van der Waals surface area contributed by atoms with E-state index in [2.05, 4.69) is 27.8 Å². The third-order valence-electron chi connectivity index (χ3n) is 11.3. The maximum Gasteiger partial charge on any atom is 0.315 e. The number of nitrogens with one attached hydrogen (secondary N) is 4. The van der Waals surface area contributed by atoms with Gasteiger partial charge in [-0.05, 0) is 54.8 Å². The van der Waals surface area contributed by atoms with Crippen molar-refractivity contribution in [1.29, 1.82) is 0 Å². The summed E-state index contributed by atoms with van der Waals surface area (Å²) in [4.78, 5) is 96.9. The van der Waals surface area contributed by atoms with Gasteiger partial charge >= 0.3 is 6.03 Å². The highest BCUT2D eigenvalue weighted by atomic mass is 16.2. The number of hydrogen-bond donors (Lipinski definition) is 4.